The Morgan fingerprint density at radius 2 is 2.07 bits per heavy atom. The van der Waals surface area contributed by atoms with Crippen molar-refractivity contribution in [1.29, 1.82) is 0 Å². The zero-order chi connectivity index (χ0) is 10.3. The minimum Gasteiger partial charge on any atom is -0.373 e. The van der Waals surface area contributed by atoms with Gasteiger partial charge in [0.05, 0.1) is 12.2 Å². The number of hydrogen-bond donors (Lipinski definition) is 1. The van der Waals surface area contributed by atoms with Gasteiger partial charge in [-0.05, 0) is 38.0 Å². The number of rotatable bonds is 3. The number of nitrogens with one attached hydrogen (secondary N) is 1. The first kappa shape index (κ1) is 10.1. The summed E-state index contributed by atoms with van der Waals surface area (Å²) in [6.45, 7) is 2.34. The Bertz CT molecular complexity index is 227. The molecule has 5 atom stereocenters. The molecule has 3 fully saturated rings. The SMILES string of the molecule is CCC1CCCC1NC1CC2CCC1O2. The largest absolute Gasteiger partial charge is 0.373 e. The first-order valence-electron chi connectivity index (χ1n) is 6.78. The van der Waals surface area contributed by atoms with Gasteiger partial charge in [0.25, 0.3) is 0 Å². The summed E-state index contributed by atoms with van der Waals surface area (Å²) in [7, 11) is 0. The summed E-state index contributed by atoms with van der Waals surface area (Å²) in [6, 6.07) is 1.48. The highest BCUT2D eigenvalue weighted by Crippen LogP contribution is 2.36. The minimum absolute atomic E-state index is 0.549. The van der Waals surface area contributed by atoms with Gasteiger partial charge < -0.3 is 10.1 Å². The Kier molecular flexibility index (Phi) is 2.73. The van der Waals surface area contributed by atoms with E-state index in [0.717, 1.165) is 12.0 Å². The lowest BCUT2D eigenvalue weighted by Crippen LogP contribution is -2.45. The van der Waals surface area contributed by atoms with E-state index in [0.29, 0.717) is 18.2 Å². The molecule has 0 amide bonds. The zero-order valence-electron chi connectivity index (χ0n) is 9.74. The third-order valence-electron chi connectivity index (χ3n) is 4.72. The quantitative estimate of drug-likeness (QED) is 0.771. The smallest absolute Gasteiger partial charge is 0.0733 e. The highest BCUT2D eigenvalue weighted by Gasteiger charge is 2.42. The van der Waals surface area contributed by atoms with Crippen molar-refractivity contribution in [3.05, 3.63) is 0 Å². The Hall–Kier alpha value is -0.0800. The van der Waals surface area contributed by atoms with Crippen LogP contribution >= 0.6 is 0 Å². The molecule has 1 aliphatic carbocycles. The van der Waals surface area contributed by atoms with E-state index in [4.69, 9.17) is 4.74 Å². The molecule has 1 N–H and O–H groups in total. The first-order chi connectivity index (χ1) is 7.36. The molecule has 3 rings (SSSR count). The molecular formula is C13H23NO. The molecule has 0 radical (unpaired) electrons. The molecule has 0 aromatic carbocycles. The van der Waals surface area contributed by atoms with Crippen LogP contribution in [0.2, 0.25) is 0 Å². The number of fused-ring (bicyclic) bond motifs is 2. The van der Waals surface area contributed by atoms with Crippen molar-refractivity contribution in [2.45, 2.75) is 76.2 Å². The Morgan fingerprint density at radius 1 is 1.13 bits per heavy atom. The van der Waals surface area contributed by atoms with E-state index in [1.165, 1.54) is 44.9 Å². The van der Waals surface area contributed by atoms with E-state index in [9.17, 15) is 0 Å². The molecule has 0 aromatic rings. The molecule has 86 valence electrons. The maximum atomic E-state index is 5.90. The van der Waals surface area contributed by atoms with Crippen LogP contribution in [0.4, 0.5) is 0 Å². The van der Waals surface area contributed by atoms with E-state index in [2.05, 4.69) is 12.2 Å². The van der Waals surface area contributed by atoms with Crippen LogP contribution in [-0.2, 0) is 4.74 Å². The van der Waals surface area contributed by atoms with Crippen LogP contribution in [0.1, 0.15) is 51.9 Å². The molecule has 5 unspecified atom stereocenters. The predicted octanol–water partition coefficient (Wildman–Crippen LogP) is 2.47. The molecule has 1 saturated carbocycles. The summed E-state index contributed by atoms with van der Waals surface area (Å²) in [4.78, 5) is 0. The standard InChI is InChI=1S/C13H23NO/c1-2-9-4-3-5-11(9)14-12-8-10-6-7-13(12)15-10/h9-14H,2-8H2,1H3. The van der Waals surface area contributed by atoms with Crippen molar-refractivity contribution in [3.63, 3.8) is 0 Å². The van der Waals surface area contributed by atoms with Crippen LogP contribution in [0.15, 0.2) is 0 Å². The van der Waals surface area contributed by atoms with Gasteiger partial charge in [0, 0.05) is 12.1 Å². The Labute approximate surface area is 92.8 Å². The summed E-state index contributed by atoms with van der Waals surface area (Å²) in [6.07, 6.45) is 10.6. The zero-order valence-corrected chi connectivity index (χ0v) is 9.74. The van der Waals surface area contributed by atoms with Gasteiger partial charge in [-0.1, -0.05) is 19.8 Å². The van der Waals surface area contributed by atoms with Gasteiger partial charge in [0.1, 0.15) is 0 Å². The average molecular weight is 209 g/mol. The fourth-order valence-electron chi connectivity index (χ4n) is 3.83. The van der Waals surface area contributed by atoms with E-state index in [1.807, 2.05) is 0 Å². The average Bonchev–Trinajstić information content (AvgIpc) is 2.92. The summed E-state index contributed by atoms with van der Waals surface area (Å²) >= 11 is 0. The molecule has 2 heteroatoms. The molecule has 2 nitrogen and oxygen atoms in total. The predicted molar refractivity (Wildman–Crippen MR) is 60.9 cm³/mol. The summed E-state index contributed by atoms with van der Waals surface area (Å²) in [5.74, 6) is 0.934. The second-order valence-corrected chi connectivity index (χ2v) is 5.59. The molecule has 2 saturated heterocycles. The van der Waals surface area contributed by atoms with Crippen LogP contribution in [0.25, 0.3) is 0 Å². The third-order valence-corrected chi connectivity index (χ3v) is 4.72. The van der Waals surface area contributed by atoms with Gasteiger partial charge in [-0.2, -0.15) is 0 Å². The highest BCUT2D eigenvalue weighted by atomic mass is 16.5. The van der Waals surface area contributed by atoms with Crippen molar-refractivity contribution in [3.8, 4) is 0 Å². The van der Waals surface area contributed by atoms with Crippen LogP contribution in [-0.4, -0.2) is 24.3 Å². The lowest BCUT2D eigenvalue weighted by molar-refractivity contribution is 0.0951. The van der Waals surface area contributed by atoms with Gasteiger partial charge in [0.15, 0.2) is 0 Å². The van der Waals surface area contributed by atoms with Crippen molar-refractivity contribution >= 4 is 0 Å². The molecule has 2 heterocycles. The van der Waals surface area contributed by atoms with Crippen molar-refractivity contribution in [2.24, 2.45) is 5.92 Å². The topological polar surface area (TPSA) is 21.3 Å². The van der Waals surface area contributed by atoms with Crippen LogP contribution in [0, 0.1) is 5.92 Å². The molecule has 3 aliphatic rings. The summed E-state index contributed by atoms with van der Waals surface area (Å²) in [5.41, 5.74) is 0. The van der Waals surface area contributed by atoms with Gasteiger partial charge in [-0.15, -0.1) is 0 Å². The monoisotopic (exact) mass is 209 g/mol. The Morgan fingerprint density at radius 3 is 2.73 bits per heavy atom. The van der Waals surface area contributed by atoms with Gasteiger partial charge in [-0.3, -0.25) is 0 Å². The lowest BCUT2D eigenvalue weighted by atomic mass is 9.93. The molecule has 0 spiro atoms. The van der Waals surface area contributed by atoms with Gasteiger partial charge in [-0.25, -0.2) is 0 Å². The number of hydrogen-bond acceptors (Lipinski definition) is 2. The molecular weight excluding hydrogens is 186 g/mol. The Balaban J connectivity index is 1.56. The van der Waals surface area contributed by atoms with E-state index < -0.39 is 0 Å². The number of ether oxygens (including phenoxy) is 1. The second kappa shape index (κ2) is 4.06. The first-order valence-corrected chi connectivity index (χ1v) is 6.78. The van der Waals surface area contributed by atoms with Crippen molar-refractivity contribution in [1.82, 2.24) is 5.32 Å². The molecule has 0 aromatic heterocycles. The summed E-state index contributed by atoms with van der Waals surface area (Å²) in [5, 5.41) is 3.89. The van der Waals surface area contributed by atoms with E-state index in [1.54, 1.807) is 0 Å². The molecule has 15 heavy (non-hydrogen) atoms. The van der Waals surface area contributed by atoms with Crippen molar-refractivity contribution < 1.29 is 4.74 Å². The van der Waals surface area contributed by atoms with Crippen LogP contribution in [0.3, 0.4) is 0 Å². The van der Waals surface area contributed by atoms with Crippen LogP contribution < -0.4 is 5.32 Å². The fourth-order valence-corrected chi connectivity index (χ4v) is 3.83. The van der Waals surface area contributed by atoms with E-state index in [-0.39, 0.29) is 0 Å². The maximum Gasteiger partial charge on any atom is 0.0733 e. The van der Waals surface area contributed by atoms with Gasteiger partial charge >= 0.3 is 0 Å². The minimum atomic E-state index is 0.549. The lowest BCUT2D eigenvalue weighted by Gasteiger charge is -2.27. The highest BCUT2D eigenvalue weighted by molar-refractivity contribution is 4.97. The molecule has 2 aliphatic heterocycles. The molecule has 2 bridgehead atoms. The maximum absolute atomic E-state index is 5.90. The second-order valence-electron chi connectivity index (χ2n) is 5.59. The third kappa shape index (κ3) is 1.83. The summed E-state index contributed by atoms with van der Waals surface area (Å²) < 4.78 is 5.90. The fraction of sp³-hybridized carbons (Fsp3) is 1.00. The van der Waals surface area contributed by atoms with Gasteiger partial charge in [0.2, 0.25) is 0 Å². The van der Waals surface area contributed by atoms with Crippen molar-refractivity contribution in [2.75, 3.05) is 0 Å². The van der Waals surface area contributed by atoms with Crippen LogP contribution in [0.5, 0.6) is 0 Å². The normalized spacial score (nSPS) is 49.0. The van der Waals surface area contributed by atoms with E-state index >= 15 is 0 Å².